The average molecular weight is 522 g/mol. The van der Waals surface area contributed by atoms with Crippen molar-refractivity contribution in [2.24, 2.45) is 7.05 Å². The van der Waals surface area contributed by atoms with Gasteiger partial charge in [-0.05, 0) is 38.0 Å². The Labute approximate surface area is 212 Å². The third-order valence-corrected chi connectivity index (χ3v) is 8.52. The zero-order valence-corrected chi connectivity index (χ0v) is 20.9. The van der Waals surface area contributed by atoms with Gasteiger partial charge in [-0.15, -0.1) is 0 Å². The Morgan fingerprint density at radius 2 is 2.05 bits per heavy atom. The Morgan fingerprint density at radius 3 is 2.78 bits per heavy atom. The van der Waals surface area contributed by atoms with Crippen LogP contribution in [0.25, 0.3) is 21.9 Å². The molecule has 0 N–H and O–H groups in total. The molecule has 2 saturated heterocycles. The van der Waals surface area contributed by atoms with E-state index in [1.807, 2.05) is 11.5 Å². The van der Waals surface area contributed by atoms with Crippen LogP contribution in [0.2, 0.25) is 0 Å². The highest BCUT2D eigenvalue weighted by molar-refractivity contribution is 7.89. The lowest BCUT2D eigenvalue weighted by molar-refractivity contribution is 0.00504. The number of hydrogen-bond donors (Lipinski definition) is 0. The number of carbonyl (C=O) groups is 1. The van der Waals surface area contributed by atoms with E-state index in [1.54, 1.807) is 31.4 Å². The number of sulfonamides is 1. The van der Waals surface area contributed by atoms with E-state index in [2.05, 4.69) is 16.2 Å². The largest absolute Gasteiger partial charge is 0.435 e. The predicted molar refractivity (Wildman–Crippen MR) is 130 cm³/mol. The molecule has 0 aliphatic carbocycles. The second-order valence-corrected chi connectivity index (χ2v) is 11.2. The molecule has 3 atom stereocenters. The third kappa shape index (κ3) is 3.80. The maximum atomic E-state index is 13.2. The van der Waals surface area contributed by atoms with Gasteiger partial charge in [-0.25, -0.2) is 18.2 Å². The number of fused-ring (bicyclic) bond motifs is 3. The Hall–Kier alpha value is -4.02. The molecular formula is C24H23N7O5S. The topological polar surface area (TPSA) is 145 Å². The van der Waals surface area contributed by atoms with Gasteiger partial charge in [0.15, 0.2) is 11.9 Å². The summed E-state index contributed by atoms with van der Waals surface area (Å²) in [5, 5.41) is 14.2. The van der Waals surface area contributed by atoms with E-state index in [0.717, 1.165) is 15.2 Å². The van der Waals surface area contributed by atoms with Crippen LogP contribution >= 0.6 is 0 Å². The molecule has 0 unspecified atom stereocenters. The number of aromatic nitrogens is 5. The van der Waals surface area contributed by atoms with Crippen molar-refractivity contribution in [3.63, 3.8) is 0 Å². The molecule has 0 radical (unpaired) electrons. The Kier molecular flexibility index (Phi) is 5.39. The molecule has 2 fully saturated rings. The fourth-order valence-corrected chi connectivity index (χ4v) is 6.39. The number of carbonyl (C=O) groups excluding carboxylic acids is 1. The van der Waals surface area contributed by atoms with Gasteiger partial charge in [0, 0.05) is 31.3 Å². The molecule has 12 nitrogen and oxygen atoms in total. The highest BCUT2D eigenvalue weighted by atomic mass is 32.2. The zero-order chi connectivity index (χ0) is 25.9. The van der Waals surface area contributed by atoms with Crippen molar-refractivity contribution in [1.29, 1.82) is 5.26 Å². The van der Waals surface area contributed by atoms with Gasteiger partial charge >= 0.3 is 6.09 Å². The van der Waals surface area contributed by atoms with Gasteiger partial charge in [0.1, 0.15) is 10.4 Å². The number of nitriles is 1. The second kappa shape index (κ2) is 8.53. The number of aryl methyl sites for hydroxylation is 1. The van der Waals surface area contributed by atoms with Gasteiger partial charge in [-0.3, -0.25) is 9.67 Å². The van der Waals surface area contributed by atoms with Crippen molar-refractivity contribution in [3.8, 4) is 6.07 Å². The van der Waals surface area contributed by atoms with Crippen LogP contribution in [0.15, 0.2) is 41.7 Å². The number of hydrogen-bond acceptors (Lipinski definition) is 9. The molecule has 2 aliphatic heterocycles. The van der Waals surface area contributed by atoms with Crippen LogP contribution in [0.1, 0.15) is 43.3 Å². The molecule has 1 amide bonds. The smallest absolute Gasteiger partial charge is 0.424 e. The van der Waals surface area contributed by atoms with E-state index in [9.17, 15) is 18.5 Å². The van der Waals surface area contributed by atoms with E-state index in [4.69, 9.17) is 14.5 Å². The molecule has 0 bridgehead atoms. The Bertz CT molecular complexity index is 1700. The molecular weight excluding hydrogens is 498 g/mol. The average Bonchev–Trinajstić information content (AvgIpc) is 3.60. The first-order valence-electron chi connectivity index (χ1n) is 11.8. The molecule has 3 aromatic heterocycles. The van der Waals surface area contributed by atoms with Crippen LogP contribution in [-0.2, 0) is 26.5 Å². The Balaban J connectivity index is 1.50. The summed E-state index contributed by atoms with van der Waals surface area (Å²) >= 11 is 0. The molecule has 190 valence electrons. The lowest BCUT2D eigenvalue weighted by Gasteiger charge is -2.30. The summed E-state index contributed by atoms with van der Waals surface area (Å²) in [5.74, 6) is 0.433. The van der Waals surface area contributed by atoms with E-state index < -0.39 is 22.2 Å². The second-order valence-electron chi connectivity index (χ2n) is 9.29. The first-order valence-corrected chi connectivity index (χ1v) is 13.2. The van der Waals surface area contributed by atoms with Crippen LogP contribution in [0.5, 0.6) is 0 Å². The normalized spacial score (nSPS) is 22.5. The lowest BCUT2D eigenvalue weighted by atomic mass is 10.0. The van der Waals surface area contributed by atoms with Gasteiger partial charge in [-0.1, -0.05) is 0 Å². The van der Waals surface area contributed by atoms with E-state index in [1.165, 1.54) is 17.1 Å². The predicted octanol–water partition coefficient (Wildman–Crippen LogP) is 2.81. The van der Waals surface area contributed by atoms with Crippen molar-refractivity contribution in [3.05, 3.63) is 48.2 Å². The molecule has 0 saturated carbocycles. The number of imidazole rings is 1. The van der Waals surface area contributed by atoms with Gasteiger partial charge < -0.3 is 14.0 Å². The summed E-state index contributed by atoms with van der Waals surface area (Å²) in [4.78, 5) is 22.0. The molecule has 0 spiro atoms. The molecule has 6 rings (SSSR count). The Morgan fingerprint density at radius 1 is 1.22 bits per heavy atom. The van der Waals surface area contributed by atoms with Gasteiger partial charge in [0.25, 0.3) is 10.0 Å². The van der Waals surface area contributed by atoms with Crippen molar-refractivity contribution in [1.82, 2.24) is 28.6 Å². The summed E-state index contributed by atoms with van der Waals surface area (Å²) in [6, 6.07) is 7.40. The van der Waals surface area contributed by atoms with Crippen LogP contribution in [0, 0.1) is 11.3 Å². The highest BCUT2D eigenvalue weighted by Crippen LogP contribution is 2.38. The molecule has 37 heavy (non-hydrogen) atoms. The highest BCUT2D eigenvalue weighted by Gasteiger charge is 2.44. The standard InChI is InChI=1S/C24H23N7O5S/c1-14-7-16(5-6-35-14)31-22-18-8-15(9-25)3-4-19(18)26-11-20(22)28-23(31)21-13-30(24(32)36-21)37(33,34)17-10-27-29(2)12-17/h3-4,8,10-12,14,16,21H,5-7,13H2,1-2H3/t14-,16-,21-/m1/s1. The van der Waals surface area contributed by atoms with E-state index in [0.29, 0.717) is 41.9 Å². The number of rotatable bonds is 4. The van der Waals surface area contributed by atoms with Crippen molar-refractivity contribution in [2.45, 2.75) is 42.9 Å². The first-order chi connectivity index (χ1) is 17.8. The van der Waals surface area contributed by atoms with Crippen LogP contribution in [-0.4, -0.2) is 62.4 Å². The molecule has 5 heterocycles. The van der Waals surface area contributed by atoms with E-state index in [-0.39, 0.29) is 23.6 Å². The minimum Gasteiger partial charge on any atom is -0.435 e. The number of nitrogens with zero attached hydrogens (tertiary/aromatic N) is 7. The number of ether oxygens (including phenoxy) is 2. The molecule has 1 aromatic carbocycles. The van der Waals surface area contributed by atoms with Crippen LogP contribution < -0.4 is 0 Å². The summed E-state index contributed by atoms with van der Waals surface area (Å²) in [6.45, 7) is 2.31. The van der Waals surface area contributed by atoms with Gasteiger partial charge in [0.05, 0.1) is 47.7 Å². The number of amides is 1. The first kappa shape index (κ1) is 23.4. The maximum Gasteiger partial charge on any atom is 0.424 e. The molecule has 2 aliphatic rings. The minimum atomic E-state index is -4.16. The van der Waals surface area contributed by atoms with Crippen LogP contribution in [0.4, 0.5) is 4.79 Å². The summed E-state index contributed by atoms with van der Waals surface area (Å²) in [6.07, 6.45) is 3.66. The van der Waals surface area contributed by atoms with Crippen molar-refractivity contribution >= 4 is 38.1 Å². The number of cyclic esters (lactones) is 1. The third-order valence-electron chi connectivity index (χ3n) is 6.83. The maximum absolute atomic E-state index is 13.2. The monoisotopic (exact) mass is 521 g/mol. The quantitative estimate of drug-likeness (QED) is 0.396. The van der Waals surface area contributed by atoms with E-state index >= 15 is 0 Å². The lowest BCUT2D eigenvalue weighted by Crippen LogP contribution is -2.32. The summed E-state index contributed by atoms with van der Waals surface area (Å²) in [7, 11) is -2.56. The number of pyridine rings is 1. The fourth-order valence-electron chi connectivity index (χ4n) is 5.10. The number of benzene rings is 1. The fraction of sp³-hybridized carbons (Fsp3) is 0.375. The minimum absolute atomic E-state index is 0.000376. The van der Waals surface area contributed by atoms with Crippen molar-refractivity contribution < 1.29 is 22.7 Å². The van der Waals surface area contributed by atoms with Crippen molar-refractivity contribution in [2.75, 3.05) is 13.2 Å². The zero-order valence-electron chi connectivity index (χ0n) is 20.1. The molecule has 13 heteroatoms. The SMILES string of the molecule is C[C@@H]1C[C@H](n2c([C@H]3CN(S(=O)(=O)c4cnn(C)c4)C(=O)O3)nc3cnc4ccc(C#N)cc4c32)CCO1. The van der Waals surface area contributed by atoms with Crippen LogP contribution in [0.3, 0.4) is 0 Å². The summed E-state index contributed by atoms with van der Waals surface area (Å²) in [5.41, 5.74) is 2.52. The summed E-state index contributed by atoms with van der Waals surface area (Å²) < 4.78 is 41.8. The molecule has 4 aromatic rings. The van der Waals surface area contributed by atoms with Gasteiger partial charge in [-0.2, -0.15) is 14.7 Å². The van der Waals surface area contributed by atoms with Gasteiger partial charge in [0.2, 0.25) is 0 Å².